The fourth-order valence-electron chi connectivity index (χ4n) is 4.56. The molecular weight excluding hydrogens is 408 g/mol. The summed E-state index contributed by atoms with van der Waals surface area (Å²) in [5.41, 5.74) is 2.52. The molecule has 4 rings (SSSR count). The summed E-state index contributed by atoms with van der Waals surface area (Å²) >= 11 is 0. The topological polar surface area (TPSA) is 100 Å². The normalized spacial score (nSPS) is 18.3. The van der Waals surface area contributed by atoms with Gasteiger partial charge in [0.25, 0.3) is 11.5 Å². The molecular formula is C23H30N6O3. The van der Waals surface area contributed by atoms with Crippen molar-refractivity contribution in [2.45, 2.75) is 52.1 Å². The van der Waals surface area contributed by atoms with Crippen LogP contribution < -0.4 is 10.9 Å². The van der Waals surface area contributed by atoms with E-state index < -0.39 is 0 Å². The first-order valence-corrected chi connectivity index (χ1v) is 11.1. The molecule has 0 spiro atoms. The number of carbonyl (C=O) groups excluding carboxylic acids is 2. The van der Waals surface area contributed by atoms with Gasteiger partial charge in [0.1, 0.15) is 11.4 Å². The molecule has 32 heavy (non-hydrogen) atoms. The second-order valence-corrected chi connectivity index (χ2v) is 8.56. The van der Waals surface area contributed by atoms with Gasteiger partial charge in [0.15, 0.2) is 5.82 Å². The Morgan fingerprint density at radius 3 is 2.66 bits per heavy atom. The highest BCUT2D eigenvalue weighted by Gasteiger charge is 2.34. The third-order valence-corrected chi connectivity index (χ3v) is 6.61. The second kappa shape index (κ2) is 8.72. The lowest BCUT2D eigenvalue weighted by Crippen LogP contribution is -2.42. The van der Waals surface area contributed by atoms with Gasteiger partial charge in [0, 0.05) is 45.4 Å². The summed E-state index contributed by atoms with van der Waals surface area (Å²) in [4.78, 5) is 51.2. The monoisotopic (exact) mass is 438 g/mol. The van der Waals surface area contributed by atoms with Crippen molar-refractivity contribution in [3.8, 4) is 0 Å². The highest BCUT2D eigenvalue weighted by Crippen LogP contribution is 2.33. The Balaban J connectivity index is 1.72. The maximum Gasteiger partial charge on any atom is 0.263 e. The van der Waals surface area contributed by atoms with Crippen LogP contribution in [0.25, 0.3) is 0 Å². The van der Waals surface area contributed by atoms with Crippen molar-refractivity contribution < 1.29 is 9.59 Å². The number of nitrogens with one attached hydrogen (secondary N) is 1. The van der Waals surface area contributed by atoms with Crippen molar-refractivity contribution >= 4 is 17.6 Å². The van der Waals surface area contributed by atoms with Crippen LogP contribution in [0.5, 0.6) is 0 Å². The summed E-state index contributed by atoms with van der Waals surface area (Å²) in [6.07, 6.45) is 3.25. The summed E-state index contributed by atoms with van der Waals surface area (Å²) in [5.74, 6) is 1.05. The van der Waals surface area contributed by atoms with Gasteiger partial charge >= 0.3 is 0 Å². The molecule has 0 saturated carbocycles. The molecule has 1 fully saturated rings. The van der Waals surface area contributed by atoms with E-state index in [0.29, 0.717) is 31.9 Å². The summed E-state index contributed by atoms with van der Waals surface area (Å²) in [7, 11) is 3.50. The zero-order valence-electron chi connectivity index (χ0n) is 19.1. The fraction of sp³-hybridized carbons (Fsp3) is 0.522. The van der Waals surface area contributed by atoms with Crippen LogP contribution in [0.3, 0.4) is 0 Å². The molecule has 0 aromatic carbocycles. The number of hydrogen-bond acceptors (Lipinski definition) is 6. The van der Waals surface area contributed by atoms with Gasteiger partial charge in [0.2, 0.25) is 5.91 Å². The van der Waals surface area contributed by atoms with E-state index in [1.807, 2.05) is 14.0 Å². The lowest BCUT2D eigenvalue weighted by molar-refractivity contribution is -0.129. The minimum absolute atomic E-state index is 0.0199. The average molecular weight is 439 g/mol. The van der Waals surface area contributed by atoms with Crippen molar-refractivity contribution in [1.82, 2.24) is 24.3 Å². The molecule has 1 saturated heterocycles. The number of amides is 2. The zero-order valence-corrected chi connectivity index (χ0v) is 19.1. The summed E-state index contributed by atoms with van der Waals surface area (Å²) < 4.78 is 1.50. The molecule has 0 bridgehead atoms. The fourth-order valence-corrected chi connectivity index (χ4v) is 4.56. The van der Waals surface area contributed by atoms with Gasteiger partial charge in [-0.1, -0.05) is 0 Å². The van der Waals surface area contributed by atoms with Crippen LogP contribution in [0.4, 0.5) is 5.82 Å². The molecule has 9 heteroatoms. The summed E-state index contributed by atoms with van der Waals surface area (Å²) in [6.45, 7) is 5.04. The van der Waals surface area contributed by atoms with Gasteiger partial charge in [-0.15, -0.1) is 0 Å². The van der Waals surface area contributed by atoms with Gasteiger partial charge in [-0.05, 0) is 44.7 Å². The number of aromatic nitrogens is 3. The number of hydrogen-bond donors (Lipinski definition) is 1. The molecule has 9 nitrogen and oxygen atoms in total. The quantitative estimate of drug-likeness (QED) is 0.784. The van der Waals surface area contributed by atoms with Crippen LogP contribution in [0.15, 0.2) is 16.9 Å². The first-order chi connectivity index (χ1) is 15.3. The molecule has 2 aromatic rings. The van der Waals surface area contributed by atoms with Crippen molar-refractivity contribution in [1.29, 1.82) is 0 Å². The third-order valence-electron chi connectivity index (χ3n) is 6.61. The maximum atomic E-state index is 13.4. The number of carbonyl (C=O) groups is 2. The number of fused-ring (bicyclic) bond motifs is 1. The molecule has 1 atom stereocenters. The standard InChI is InChI=1S/C23H30N6O3/c1-14-8-9-17(22(31)27(14)4)23(32)29-11-6-5-7-19(29)21-25-18-13-28(15(2)30)12-10-16(18)20(24-3)26-21/h8-9,19H,5-7,10-13H2,1-4H3,(H,24,25,26)/t19-/m0/s1. The van der Waals surface area contributed by atoms with E-state index in [2.05, 4.69) is 5.32 Å². The average Bonchev–Trinajstić information content (AvgIpc) is 2.81. The van der Waals surface area contributed by atoms with Crippen LogP contribution in [0, 0.1) is 6.92 Å². The van der Waals surface area contributed by atoms with Crippen molar-refractivity contribution in [3.05, 3.63) is 50.8 Å². The summed E-state index contributed by atoms with van der Waals surface area (Å²) in [5, 5.41) is 3.17. The molecule has 0 radical (unpaired) electrons. The van der Waals surface area contributed by atoms with Gasteiger partial charge in [0.05, 0.1) is 18.3 Å². The van der Waals surface area contributed by atoms with E-state index in [0.717, 1.165) is 42.0 Å². The van der Waals surface area contributed by atoms with E-state index in [9.17, 15) is 14.4 Å². The first kappa shape index (κ1) is 22.0. The Morgan fingerprint density at radius 1 is 1.16 bits per heavy atom. The molecule has 0 unspecified atom stereocenters. The Kier molecular flexibility index (Phi) is 5.99. The number of rotatable bonds is 3. The highest BCUT2D eigenvalue weighted by atomic mass is 16.2. The number of likely N-dealkylation sites (tertiary alicyclic amines) is 1. The number of nitrogens with zero attached hydrogens (tertiary/aromatic N) is 5. The zero-order chi connectivity index (χ0) is 23.0. The molecule has 170 valence electrons. The Labute approximate surface area is 187 Å². The van der Waals surface area contributed by atoms with Crippen molar-refractivity contribution in [3.63, 3.8) is 0 Å². The van der Waals surface area contributed by atoms with Crippen LogP contribution >= 0.6 is 0 Å². The van der Waals surface area contributed by atoms with Crippen LogP contribution in [-0.2, 0) is 24.8 Å². The molecule has 1 N–H and O–H groups in total. The van der Waals surface area contributed by atoms with E-state index in [4.69, 9.17) is 9.97 Å². The minimum atomic E-state index is -0.313. The highest BCUT2D eigenvalue weighted by molar-refractivity contribution is 5.94. The largest absolute Gasteiger partial charge is 0.373 e. The number of aryl methyl sites for hydroxylation is 1. The number of pyridine rings is 1. The van der Waals surface area contributed by atoms with Gasteiger partial charge < -0.3 is 19.7 Å². The number of piperidine rings is 1. The van der Waals surface area contributed by atoms with Crippen molar-refractivity contribution in [2.24, 2.45) is 7.05 Å². The van der Waals surface area contributed by atoms with E-state index in [1.165, 1.54) is 4.57 Å². The van der Waals surface area contributed by atoms with Gasteiger partial charge in [-0.25, -0.2) is 9.97 Å². The molecule has 2 amide bonds. The lowest BCUT2D eigenvalue weighted by atomic mass is 9.99. The smallest absolute Gasteiger partial charge is 0.263 e. The number of anilines is 1. The minimum Gasteiger partial charge on any atom is -0.373 e. The third kappa shape index (κ3) is 3.87. The van der Waals surface area contributed by atoms with E-state index >= 15 is 0 Å². The Morgan fingerprint density at radius 2 is 1.94 bits per heavy atom. The Bertz CT molecular complexity index is 1130. The molecule has 2 aliphatic heterocycles. The molecule has 0 aliphatic carbocycles. The SMILES string of the molecule is CNc1nc([C@@H]2CCCCN2C(=O)c2ccc(C)n(C)c2=O)nc2c1CCN(C(C)=O)C2. The van der Waals surface area contributed by atoms with Gasteiger partial charge in [-0.3, -0.25) is 14.4 Å². The summed E-state index contributed by atoms with van der Waals surface area (Å²) in [6, 6.07) is 3.09. The molecule has 4 heterocycles. The predicted octanol–water partition coefficient (Wildman–Crippen LogP) is 1.80. The lowest BCUT2D eigenvalue weighted by Gasteiger charge is -2.36. The maximum absolute atomic E-state index is 13.4. The van der Waals surface area contributed by atoms with E-state index in [1.54, 1.807) is 35.9 Å². The predicted molar refractivity (Wildman–Crippen MR) is 120 cm³/mol. The second-order valence-electron chi connectivity index (χ2n) is 8.56. The Hall–Kier alpha value is -3.23. The van der Waals surface area contributed by atoms with Crippen LogP contribution in [0.2, 0.25) is 0 Å². The van der Waals surface area contributed by atoms with Crippen LogP contribution in [0.1, 0.15) is 65.4 Å². The van der Waals surface area contributed by atoms with Gasteiger partial charge in [-0.2, -0.15) is 0 Å². The van der Waals surface area contributed by atoms with Crippen LogP contribution in [-0.4, -0.2) is 56.3 Å². The van der Waals surface area contributed by atoms with Crippen molar-refractivity contribution in [2.75, 3.05) is 25.5 Å². The van der Waals surface area contributed by atoms with E-state index in [-0.39, 0.29) is 29.0 Å². The molecule has 2 aliphatic rings. The first-order valence-electron chi connectivity index (χ1n) is 11.1. The molecule has 2 aromatic heterocycles.